The maximum atomic E-state index is 11.8. The van der Waals surface area contributed by atoms with E-state index in [1.165, 1.54) is 25.7 Å². The van der Waals surface area contributed by atoms with Crippen molar-refractivity contribution in [3.8, 4) is 0 Å². The molecular weight excluding hydrogens is 286 g/mol. The highest BCUT2D eigenvalue weighted by Gasteiger charge is 2.38. The predicted octanol–water partition coefficient (Wildman–Crippen LogP) is 2.74. The van der Waals surface area contributed by atoms with Gasteiger partial charge in [-0.3, -0.25) is 4.79 Å². The number of amides is 1. The van der Waals surface area contributed by atoms with Crippen molar-refractivity contribution in [1.82, 2.24) is 10.2 Å². The van der Waals surface area contributed by atoms with Crippen LogP contribution in [0.4, 0.5) is 5.69 Å². The van der Waals surface area contributed by atoms with Gasteiger partial charge in [-0.1, -0.05) is 11.6 Å². The van der Waals surface area contributed by atoms with Crippen molar-refractivity contribution in [1.29, 1.82) is 0 Å². The fourth-order valence-electron chi connectivity index (χ4n) is 3.69. The van der Waals surface area contributed by atoms with Gasteiger partial charge >= 0.3 is 0 Å². The number of hydrogen-bond acceptors (Lipinski definition) is 3. The molecule has 2 bridgehead atoms. The topological polar surface area (TPSA) is 44.4 Å². The van der Waals surface area contributed by atoms with Crippen molar-refractivity contribution in [3.05, 3.63) is 28.8 Å². The van der Waals surface area contributed by atoms with Crippen LogP contribution >= 0.6 is 11.6 Å². The third kappa shape index (κ3) is 2.87. The van der Waals surface area contributed by atoms with E-state index < -0.39 is 0 Å². The molecule has 3 rings (SSSR count). The molecule has 1 aromatic carbocycles. The van der Waals surface area contributed by atoms with Crippen LogP contribution in [0.1, 0.15) is 36.0 Å². The Hall–Kier alpha value is -1.26. The summed E-state index contributed by atoms with van der Waals surface area (Å²) in [4.78, 5) is 14.3. The Bertz CT molecular complexity index is 534. The van der Waals surface area contributed by atoms with Gasteiger partial charge in [0.25, 0.3) is 5.91 Å². The van der Waals surface area contributed by atoms with Crippen molar-refractivity contribution in [2.45, 2.75) is 43.8 Å². The highest BCUT2D eigenvalue weighted by molar-refractivity contribution is 6.34. The number of nitrogens with one attached hydrogen (secondary N) is 2. The van der Waals surface area contributed by atoms with Gasteiger partial charge < -0.3 is 15.5 Å². The minimum atomic E-state index is -0.146. The number of hydrogen-bond donors (Lipinski definition) is 2. The van der Waals surface area contributed by atoms with Crippen LogP contribution in [-0.4, -0.2) is 43.0 Å². The van der Waals surface area contributed by atoms with Gasteiger partial charge in [-0.2, -0.15) is 0 Å². The van der Waals surface area contributed by atoms with Gasteiger partial charge in [0.05, 0.1) is 10.6 Å². The van der Waals surface area contributed by atoms with Gasteiger partial charge in [-0.15, -0.1) is 0 Å². The molecule has 2 fully saturated rings. The average Bonchev–Trinajstić information content (AvgIpc) is 2.71. The lowest BCUT2D eigenvalue weighted by Crippen LogP contribution is -2.44. The van der Waals surface area contributed by atoms with Gasteiger partial charge in [0, 0.05) is 30.9 Å². The largest absolute Gasteiger partial charge is 0.382 e. The highest BCUT2D eigenvalue weighted by atomic mass is 35.5. The first-order chi connectivity index (χ1) is 10.1. The van der Waals surface area contributed by atoms with Crippen molar-refractivity contribution >= 4 is 23.2 Å². The molecule has 2 aliphatic heterocycles. The van der Waals surface area contributed by atoms with Crippen LogP contribution in [0.25, 0.3) is 0 Å². The maximum Gasteiger partial charge on any atom is 0.252 e. The summed E-state index contributed by atoms with van der Waals surface area (Å²) in [5.41, 5.74) is 1.51. The highest BCUT2D eigenvalue weighted by Crippen LogP contribution is 2.35. The Morgan fingerprint density at radius 3 is 2.57 bits per heavy atom. The molecule has 0 radical (unpaired) electrons. The Balaban J connectivity index is 1.72. The number of fused-ring (bicyclic) bond motifs is 2. The van der Waals surface area contributed by atoms with Gasteiger partial charge in [-0.05, 0) is 50.9 Å². The number of benzene rings is 1. The summed E-state index contributed by atoms with van der Waals surface area (Å²) in [6.45, 7) is 0. The fraction of sp³-hybridized carbons (Fsp3) is 0.562. The molecule has 21 heavy (non-hydrogen) atoms. The summed E-state index contributed by atoms with van der Waals surface area (Å²) >= 11 is 6.09. The van der Waals surface area contributed by atoms with Gasteiger partial charge in [0.1, 0.15) is 0 Å². The smallest absolute Gasteiger partial charge is 0.252 e. The summed E-state index contributed by atoms with van der Waals surface area (Å²) in [5.74, 6) is -0.146. The number of piperidine rings is 1. The lowest BCUT2D eigenvalue weighted by Gasteiger charge is -2.37. The first-order valence-electron chi connectivity index (χ1n) is 7.58. The summed E-state index contributed by atoms with van der Waals surface area (Å²) in [7, 11) is 3.86. The molecule has 1 aromatic rings. The van der Waals surface area contributed by atoms with Crippen molar-refractivity contribution in [2.24, 2.45) is 0 Å². The number of halogens is 1. The van der Waals surface area contributed by atoms with Gasteiger partial charge in [0.15, 0.2) is 0 Å². The number of carbonyl (C=O) groups excluding carboxylic acids is 1. The molecule has 2 heterocycles. The molecule has 0 aliphatic carbocycles. The van der Waals surface area contributed by atoms with Crippen LogP contribution in [0, 0.1) is 0 Å². The maximum absolute atomic E-state index is 11.8. The number of rotatable bonds is 3. The molecule has 4 nitrogen and oxygen atoms in total. The van der Waals surface area contributed by atoms with Crippen molar-refractivity contribution in [2.75, 3.05) is 19.4 Å². The molecule has 5 heteroatoms. The normalized spacial score (nSPS) is 28.4. The van der Waals surface area contributed by atoms with Gasteiger partial charge in [-0.25, -0.2) is 0 Å². The predicted molar refractivity (Wildman–Crippen MR) is 86.1 cm³/mol. The van der Waals surface area contributed by atoms with E-state index in [1.807, 2.05) is 12.1 Å². The molecule has 2 aliphatic rings. The van der Waals surface area contributed by atoms with E-state index in [0.717, 1.165) is 5.69 Å². The lowest BCUT2D eigenvalue weighted by atomic mass is 9.97. The second-order valence-electron chi connectivity index (χ2n) is 6.14. The third-order valence-corrected chi connectivity index (χ3v) is 5.24. The van der Waals surface area contributed by atoms with E-state index in [2.05, 4.69) is 22.6 Å². The summed E-state index contributed by atoms with van der Waals surface area (Å²) in [6.07, 6.45) is 4.96. The SMILES string of the molecule is CNC(=O)c1cc(NC2CC3CCC(C2)N3C)ccc1Cl. The quantitative estimate of drug-likeness (QED) is 0.902. The molecule has 0 aromatic heterocycles. The van der Waals surface area contributed by atoms with E-state index in [-0.39, 0.29) is 5.91 Å². The second-order valence-corrected chi connectivity index (χ2v) is 6.54. The molecule has 2 N–H and O–H groups in total. The monoisotopic (exact) mass is 307 g/mol. The summed E-state index contributed by atoms with van der Waals surface area (Å²) in [5, 5.41) is 6.70. The summed E-state index contributed by atoms with van der Waals surface area (Å²) < 4.78 is 0. The lowest BCUT2D eigenvalue weighted by molar-refractivity contribution is 0.0963. The number of carbonyl (C=O) groups is 1. The zero-order valence-electron chi connectivity index (χ0n) is 12.5. The first kappa shape index (κ1) is 14.7. The van der Waals surface area contributed by atoms with Gasteiger partial charge in [0.2, 0.25) is 0 Å². The minimum Gasteiger partial charge on any atom is -0.382 e. The standard InChI is InChI=1S/C16H22ClN3O/c1-18-16(21)14-9-10(3-6-15(14)17)19-11-7-12-4-5-13(8-11)20(12)2/h3,6,9,11-13,19H,4-5,7-8H2,1-2H3,(H,18,21). The molecule has 2 unspecified atom stereocenters. The van der Waals surface area contributed by atoms with Crippen LogP contribution in [0.15, 0.2) is 18.2 Å². The van der Waals surface area contributed by atoms with Crippen LogP contribution in [0.2, 0.25) is 5.02 Å². The van der Waals surface area contributed by atoms with Crippen LogP contribution in [-0.2, 0) is 0 Å². The molecule has 2 atom stereocenters. The molecule has 0 saturated carbocycles. The van der Waals surface area contributed by atoms with E-state index in [9.17, 15) is 4.79 Å². The Morgan fingerprint density at radius 1 is 1.29 bits per heavy atom. The Morgan fingerprint density at radius 2 is 1.95 bits per heavy atom. The molecular formula is C16H22ClN3O. The Kier molecular flexibility index (Phi) is 4.09. The van der Waals surface area contributed by atoms with E-state index in [1.54, 1.807) is 13.1 Å². The minimum absolute atomic E-state index is 0.146. The molecule has 2 saturated heterocycles. The number of anilines is 1. The zero-order valence-corrected chi connectivity index (χ0v) is 13.3. The fourth-order valence-corrected chi connectivity index (χ4v) is 3.89. The first-order valence-corrected chi connectivity index (χ1v) is 7.96. The third-order valence-electron chi connectivity index (χ3n) is 4.91. The van der Waals surface area contributed by atoms with Crippen molar-refractivity contribution < 1.29 is 4.79 Å². The molecule has 0 spiro atoms. The molecule has 114 valence electrons. The van der Waals surface area contributed by atoms with Crippen LogP contribution in [0.3, 0.4) is 0 Å². The van der Waals surface area contributed by atoms with Crippen LogP contribution in [0.5, 0.6) is 0 Å². The average molecular weight is 308 g/mol. The number of nitrogens with zero attached hydrogens (tertiary/aromatic N) is 1. The second kappa shape index (κ2) is 5.85. The zero-order chi connectivity index (χ0) is 15.0. The van der Waals surface area contributed by atoms with Crippen molar-refractivity contribution in [3.63, 3.8) is 0 Å². The molecule has 1 amide bonds. The van der Waals surface area contributed by atoms with E-state index >= 15 is 0 Å². The van der Waals surface area contributed by atoms with Crippen LogP contribution < -0.4 is 10.6 Å². The van der Waals surface area contributed by atoms with E-state index in [4.69, 9.17) is 11.6 Å². The Labute approximate surface area is 130 Å². The summed E-state index contributed by atoms with van der Waals surface area (Å²) in [6, 6.07) is 7.48. The van der Waals surface area contributed by atoms with E-state index in [0.29, 0.717) is 28.7 Å².